The van der Waals surface area contributed by atoms with Gasteiger partial charge in [-0.25, -0.2) is 9.59 Å². The summed E-state index contributed by atoms with van der Waals surface area (Å²) in [6.07, 6.45) is 14.5. The van der Waals surface area contributed by atoms with Gasteiger partial charge >= 0.3 is 11.9 Å². The summed E-state index contributed by atoms with van der Waals surface area (Å²) in [5.41, 5.74) is 11.0. The van der Waals surface area contributed by atoms with E-state index in [0.717, 1.165) is 137 Å². The predicted molar refractivity (Wildman–Crippen MR) is 314 cm³/mol. The van der Waals surface area contributed by atoms with Crippen LogP contribution < -0.4 is 9.47 Å². The number of carbonyl (C=O) groups is 2. The molecule has 12 rings (SSSR count). The molecule has 2 saturated carbocycles. The smallest absolute Gasteiger partial charge is 0.338 e. The third kappa shape index (κ3) is 14.5. The highest BCUT2D eigenvalue weighted by Gasteiger charge is 2.48. The van der Waals surface area contributed by atoms with Crippen LogP contribution in [0.3, 0.4) is 0 Å². The summed E-state index contributed by atoms with van der Waals surface area (Å²) in [6.45, 7) is 2.52. The van der Waals surface area contributed by atoms with Crippen molar-refractivity contribution in [1.29, 1.82) is 0 Å². The minimum absolute atomic E-state index is 0.0634. The zero-order chi connectivity index (χ0) is 55.9. The summed E-state index contributed by atoms with van der Waals surface area (Å²) in [5.74, 6) is 3.93. The maximum absolute atomic E-state index is 13.4. The molecule has 2 aliphatic heterocycles. The molecule has 1 N–H and O–H groups in total. The summed E-state index contributed by atoms with van der Waals surface area (Å²) >= 11 is 0. The van der Waals surface area contributed by atoms with E-state index in [2.05, 4.69) is 54.6 Å². The Labute approximate surface area is 479 Å². The Bertz CT molecular complexity index is 2920. The Balaban J connectivity index is 0.000000164. The molecular formula is C70H82O11. The van der Waals surface area contributed by atoms with Gasteiger partial charge in [0.15, 0.2) is 12.6 Å². The highest BCUT2D eigenvalue weighted by Crippen LogP contribution is 2.51. The van der Waals surface area contributed by atoms with Gasteiger partial charge in [-0.3, -0.25) is 0 Å². The van der Waals surface area contributed by atoms with Gasteiger partial charge in [-0.15, -0.1) is 0 Å². The number of carbonyl (C=O) groups excluding carboxylic acids is 2. The molecule has 6 aliphatic rings. The van der Waals surface area contributed by atoms with Crippen molar-refractivity contribution in [2.24, 2.45) is 35.5 Å². The molecule has 11 heteroatoms. The fourth-order valence-corrected chi connectivity index (χ4v) is 13.9. The van der Waals surface area contributed by atoms with Gasteiger partial charge in [0.2, 0.25) is 0 Å². The van der Waals surface area contributed by atoms with Crippen LogP contribution in [0.15, 0.2) is 146 Å². The van der Waals surface area contributed by atoms with E-state index in [-0.39, 0.29) is 49.3 Å². The summed E-state index contributed by atoms with van der Waals surface area (Å²) < 4.78 is 45.6. The summed E-state index contributed by atoms with van der Waals surface area (Å²) in [7, 11) is 5.16. The van der Waals surface area contributed by atoms with E-state index < -0.39 is 0 Å². The molecule has 11 nitrogen and oxygen atoms in total. The first-order chi connectivity index (χ1) is 39.8. The Hall–Kier alpha value is -6.34. The Morgan fingerprint density at radius 1 is 0.506 bits per heavy atom. The van der Waals surface area contributed by atoms with E-state index in [9.17, 15) is 14.7 Å². The molecule has 2 unspecified atom stereocenters. The van der Waals surface area contributed by atoms with Crippen molar-refractivity contribution in [2.75, 3.05) is 47.8 Å². The van der Waals surface area contributed by atoms with Crippen LogP contribution >= 0.6 is 0 Å². The van der Waals surface area contributed by atoms with Gasteiger partial charge in [-0.1, -0.05) is 109 Å². The van der Waals surface area contributed by atoms with Crippen LogP contribution in [0.25, 0.3) is 22.3 Å². The number of hydrogen-bond acceptors (Lipinski definition) is 11. The Morgan fingerprint density at radius 2 is 0.975 bits per heavy atom. The molecule has 2 heterocycles. The third-order valence-electron chi connectivity index (χ3n) is 18.0. The molecule has 0 radical (unpaired) electrons. The number of esters is 2. The van der Waals surface area contributed by atoms with Crippen LogP contribution in [0.2, 0.25) is 0 Å². The molecule has 2 saturated heterocycles. The molecule has 428 valence electrons. The first-order valence-electron chi connectivity index (χ1n) is 29.8. The maximum atomic E-state index is 13.4. The number of aliphatic hydroxyl groups is 1. The number of fused-ring (bicyclic) bond motifs is 4. The SMILES string of the molecule is COC1CCCO1.COc1cccc2c1C[C@H]1C[C@@H](OC(=O)c3ccc(-c4ccccc4)cc3)[C@H](CCCO)[C@H]1C2.COc1cccc2c1C[C@H]1C[C@@H](OC(=O)c3ccc(-c4ccccc4)cc3)[C@H](CCCOC3CCCCO3)[C@H]1C2. The number of benzene rings is 6. The number of ether oxygens (including phenoxy) is 8. The molecule has 10 atom stereocenters. The first kappa shape index (κ1) is 57.9. The third-order valence-corrected chi connectivity index (χ3v) is 18.0. The molecule has 6 aromatic carbocycles. The number of hydrogen-bond donors (Lipinski definition) is 1. The van der Waals surface area contributed by atoms with Gasteiger partial charge in [-0.05, 0) is 206 Å². The van der Waals surface area contributed by atoms with Crippen LogP contribution in [-0.4, -0.2) is 89.6 Å². The quantitative estimate of drug-likeness (QED) is 0.0692. The van der Waals surface area contributed by atoms with E-state index >= 15 is 0 Å². The van der Waals surface area contributed by atoms with E-state index in [1.807, 2.05) is 91.0 Å². The van der Waals surface area contributed by atoms with Gasteiger partial charge < -0.3 is 43.0 Å². The average molecular weight is 1100 g/mol. The van der Waals surface area contributed by atoms with Crippen molar-refractivity contribution in [3.8, 4) is 33.8 Å². The lowest BCUT2D eigenvalue weighted by molar-refractivity contribution is -0.163. The first-order valence-corrected chi connectivity index (χ1v) is 29.8. The predicted octanol–water partition coefficient (Wildman–Crippen LogP) is 13.7. The number of aliphatic hydroxyl groups excluding tert-OH is 1. The molecule has 6 aromatic rings. The van der Waals surface area contributed by atoms with E-state index in [1.54, 1.807) is 21.3 Å². The molecule has 0 aromatic heterocycles. The summed E-state index contributed by atoms with van der Waals surface area (Å²) in [6, 6.07) is 48.5. The second kappa shape index (κ2) is 28.6. The standard InChI is InChI=1S/C35H40O5.C30H32O4.C5H10O2/c1-37-32-13-7-11-27-21-30-28(22-31(27)32)23-33(29(30)12-8-20-39-34-14-5-6-19-38-34)40-35(36)26-17-15-25(16-18-26)24-9-3-2-4-10-24;1-33-28-11-5-9-23-17-26-24(18-27(23)28)19-29(25(26)10-6-16-31)34-30(32)22-14-12-21(13-15-22)20-7-3-2-4-8-20;1-6-5-3-2-4-7-5/h2-4,7,9-11,13,15-18,28-30,33-34H,5-6,8,12,14,19-23H2,1H3;2-5,7-9,11-15,24-26,29,31H,6,10,16-19H2,1H3;5H,2-4H2,1H3/t28-,29+,30-,33+,34?;24-,25+,26-,29+;/m00./s1. The Kier molecular flexibility index (Phi) is 20.4. The van der Waals surface area contributed by atoms with Crippen molar-refractivity contribution in [3.63, 3.8) is 0 Å². The van der Waals surface area contributed by atoms with E-state index in [0.29, 0.717) is 47.3 Å². The zero-order valence-electron chi connectivity index (χ0n) is 47.6. The van der Waals surface area contributed by atoms with E-state index in [1.165, 1.54) is 28.7 Å². The molecular weight excluding hydrogens is 1020 g/mol. The zero-order valence-corrected chi connectivity index (χ0v) is 47.6. The summed E-state index contributed by atoms with van der Waals surface area (Å²) in [5, 5.41) is 9.49. The monoisotopic (exact) mass is 1100 g/mol. The van der Waals surface area contributed by atoms with Gasteiger partial charge in [0.1, 0.15) is 23.7 Å². The van der Waals surface area contributed by atoms with Gasteiger partial charge in [0.05, 0.1) is 25.3 Å². The Morgan fingerprint density at radius 3 is 1.41 bits per heavy atom. The fraction of sp³-hybridized carbons (Fsp3) is 0.457. The molecule has 0 bridgehead atoms. The van der Waals surface area contributed by atoms with Crippen LogP contribution in [0.1, 0.15) is 114 Å². The van der Waals surface area contributed by atoms with Crippen LogP contribution in [-0.2, 0) is 54.1 Å². The average Bonchev–Trinajstić information content (AvgIpc) is 4.49. The van der Waals surface area contributed by atoms with Crippen LogP contribution in [0.4, 0.5) is 0 Å². The topological polar surface area (TPSA) is 128 Å². The van der Waals surface area contributed by atoms with Crippen molar-refractivity contribution >= 4 is 11.9 Å². The largest absolute Gasteiger partial charge is 0.496 e. The molecule has 81 heavy (non-hydrogen) atoms. The lowest BCUT2D eigenvalue weighted by Gasteiger charge is -2.32. The van der Waals surface area contributed by atoms with Gasteiger partial charge in [0.25, 0.3) is 0 Å². The second-order valence-corrected chi connectivity index (χ2v) is 22.8. The maximum Gasteiger partial charge on any atom is 0.338 e. The fourth-order valence-electron chi connectivity index (χ4n) is 13.9. The minimum Gasteiger partial charge on any atom is -0.496 e. The second-order valence-electron chi connectivity index (χ2n) is 22.8. The highest BCUT2D eigenvalue weighted by molar-refractivity contribution is 5.91. The van der Waals surface area contributed by atoms with Crippen LogP contribution in [0, 0.1) is 35.5 Å². The van der Waals surface area contributed by atoms with Crippen molar-refractivity contribution in [1.82, 2.24) is 0 Å². The highest BCUT2D eigenvalue weighted by atomic mass is 16.7. The molecule has 4 fully saturated rings. The minimum atomic E-state index is -0.257. The van der Waals surface area contributed by atoms with Crippen molar-refractivity contribution in [3.05, 3.63) is 179 Å². The lowest BCUT2D eigenvalue weighted by Crippen LogP contribution is -2.29. The van der Waals surface area contributed by atoms with E-state index in [4.69, 9.17) is 37.9 Å². The molecule has 0 spiro atoms. The van der Waals surface area contributed by atoms with Gasteiger partial charge in [-0.2, -0.15) is 0 Å². The van der Waals surface area contributed by atoms with Crippen molar-refractivity contribution in [2.45, 2.75) is 121 Å². The van der Waals surface area contributed by atoms with Gasteiger partial charge in [0, 0.05) is 40.0 Å². The number of methoxy groups -OCH3 is 3. The number of rotatable bonds is 17. The van der Waals surface area contributed by atoms with Crippen molar-refractivity contribution < 1.29 is 52.6 Å². The normalized spacial score (nSPS) is 25.0. The van der Waals surface area contributed by atoms with Crippen LogP contribution in [0.5, 0.6) is 11.5 Å². The summed E-state index contributed by atoms with van der Waals surface area (Å²) in [4.78, 5) is 26.5. The molecule has 0 amide bonds. The molecule has 4 aliphatic carbocycles. The lowest BCUT2D eigenvalue weighted by atomic mass is 9.73.